The molecule has 0 aliphatic heterocycles. The maximum Gasteiger partial charge on any atom is 0.380 e. The molecule has 4 aromatic rings. The first-order valence-electron chi connectivity index (χ1n) is 12.9. The Kier molecular flexibility index (Phi) is 7.03. The second-order valence-corrected chi connectivity index (χ2v) is 18.9. The standard InChI is InChI=1S/C31H28F6S2Si/c1-18(2)27-21(16-23(38-27)19-12-8-6-9-13-19)25-26(30(34,35)31(36,37)29(25,32)33)22-17-24(20-14-10-7-11-15-20)39-28(22)40(3,4)5/h6-18H,1-5H3. The predicted molar refractivity (Wildman–Crippen MR) is 158 cm³/mol. The van der Waals surface area contributed by atoms with Gasteiger partial charge in [0.1, 0.15) is 0 Å². The SMILES string of the molecule is CC(C)c1sc(-c2ccccc2)cc1C1=C(c2cc(-c3ccccc3)sc2[Si](C)(C)C)C(F)(F)C(F)(F)C1(F)F. The van der Waals surface area contributed by atoms with Gasteiger partial charge in [-0.25, -0.2) is 0 Å². The van der Waals surface area contributed by atoms with Crippen LogP contribution in [0.25, 0.3) is 32.0 Å². The third-order valence-corrected chi connectivity index (χ3v) is 13.3. The van der Waals surface area contributed by atoms with Crippen molar-refractivity contribution in [1.82, 2.24) is 0 Å². The number of alkyl halides is 6. The molecule has 0 nitrogen and oxygen atoms in total. The second-order valence-electron chi connectivity index (χ2n) is 11.4. The summed E-state index contributed by atoms with van der Waals surface area (Å²) in [6, 6.07) is 20.6. The van der Waals surface area contributed by atoms with Crippen LogP contribution in [-0.4, -0.2) is 25.8 Å². The largest absolute Gasteiger partial charge is 0.380 e. The van der Waals surface area contributed by atoms with Crippen LogP contribution in [0.5, 0.6) is 0 Å². The molecule has 40 heavy (non-hydrogen) atoms. The maximum absolute atomic E-state index is 15.9. The minimum atomic E-state index is -5.60. The number of benzene rings is 2. The van der Waals surface area contributed by atoms with E-state index in [1.165, 1.54) is 34.8 Å². The number of thiophene rings is 2. The van der Waals surface area contributed by atoms with Crippen molar-refractivity contribution in [3.8, 4) is 20.9 Å². The molecule has 210 valence electrons. The van der Waals surface area contributed by atoms with Crippen molar-refractivity contribution in [3.05, 3.63) is 88.8 Å². The van der Waals surface area contributed by atoms with E-state index in [2.05, 4.69) is 0 Å². The second kappa shape index (κ2) is 9.74. The summed E-state index contributed by atoms with van der Waals surface area (Å²) >= 11 is 2.40. The van der Waals surface area contributed by atoms with Gasteiger partial charge in [-0.3, -0.25) is 0 Å². The van der Waals surface area contributed by atoms with E-state index in [1.54, 1.807) is 74.5 Å². The van der Waals surface area contributed by atoms with Crippen LogP contribution in [0.1, 0.15) is 35.8 Å². The lowest BCUT2D eigenvalue weighted by Crippen LogP contribution is -2.49. The molecule has 0 atom stereocenters. The Morgan fingerprint density at radius 1 is 0.625 bits per heavy atom. The molecule has 0 bridgehead atoms. The van der Waals surface area contributed by atoms with E-state index in [9.17, 15) is 0 Å². The average Bonchev–Trinajstić information content (AvgIpc) is 3.55. The molecule has 0 fully saturated rings. The Morgan fingerprint density at radius 3 is 1.50 bits per heavy atom. The van der Waals surface area contributed by atoms with Crippen LogP contribution in [0.2, 0.25) is 19.6 Å². The fraction of sp³-hybridized carbons (Fsp3) is 0.290. The van der Waals surface area contributed by atoms with Crippen LogP contribution in [-0.2, 0) is 0 Å². The van der Waals surface area contributed by atoms with Gasteiger partial charge in [-0.2, -0.15) is 26.3 Å². The highest BCUT2D eigenvalue weighted by Gasteiger charge is 2.80. The number of halogens is 6. The molecule has 2 heterocycles. The summed E-state index contributed by atoms with van der Waals surface area (Å²) in [4.78, 5) is 1.50. The molecule has 2 aromatic heterocycles. The first-order chi connectivity index (χ1) is 18.6. The van der Waals surface area contributed by atoms with Crippen molar-refractivity contribution in [2.45, 2.75) is 57.2 Å². The molecule has 0 N–H and O–H groups in total. The summed E-state index contributed by atoms with van der Waals surface area (Å²) in [7, 11) is -2.46. The molecule has 0 amide bonds. The van der Waals surface area contributed by atoms with Crippen molar-refractivity contribution in [2.75, 3.05) is 0 Å². The van der Waals surface area contributed by atoms with Crippen molar-refractivity contribution in [3.63, 3.8) is 0 Å². The lowest BCUT2D eigenvalue weighted by atomic mass is 9.93. The quantitative estimate of drug-likeness (QED) is 0.151. The predicted octanol–water partition coefficient (Wildman–Crippen LogP) is 10.6. The van der Waals surface area contributed by atoms with Crippen molar-refractivity contribution in [2.24, 2.45) is 0 Å². The highest BCUT2D eigenvalue weighted by atomic mass is 32.1. The van der Waals surface area contributed by atoms with Crippen molar-refractivity contribution >= 4 is 46.4 Å². The van der Waals surface area contributed by atoms with Gasteiger partial charge in [0.2, 0.25) is 0 Å². The van der Waals surface area contributed by atoms with Gasteiger partial charge in [-0.15, -0.1) is 22.7 Å². The highest BCUT2D eigenvalue weighted by Crippen LogP contribution is 2.66. The van der Waals surface area contributed by atoms with E-state index >= 15 is 26.3 Å². The summed E-state index contributed by atoms with van der Waals surface area (Å²) in [5.74, 6) is -16.1. The zero-order valence-electron chi connectivity index (χ0n) is 22.6. The summed E-state index contributed by atoms with van der Waals surface area (Å²) in [5.41, 5.74) is -1.52. The minimum absolute atomic E-state index is 0.193. The topological polar surface area (TPSA) is 0 Å². The Balaban J connectivity index is 1.89. The minimum Gasteiger partial charge on any atom is -0.194 e. The van der Waals surface area contributed by atoms with Gasteiger partial charge in [0.25, 0.3) is 0 Å². The average molecular weight is 607 g/mol. The first-order valence-corrected chi connectivity index (χ1v) is 18.0. The zero-order valence-corrected chi connectivity index (χ0v) is 25.2. The molecule has 2 aromatic carbocycles. The van der Waals surface area contributed by atoms with Gasteiger partial charge < -0.3 is 0 Å². The molecule has 0 saturated carbocycles. The third-order valence-electron chi connectivity index (χ3n) is 7.02. The molecule has 5 rings (SSSR count). The lowest BCUT2D eigenvalue weighted by molar-refractivity contribution is -0.254. The fourth-order valence-electron chi connectivity index (χ4n) is 5.09. The number of hydrogen-bond donors (Lipinski definition) is 0. The Labute approximate surface area is 239 Å². The van der Waals surface area contributed by atoms with Crippen LogP contribution in [0.15, 0.2) is 72.8 Å². The normalized spacial score (nSPS) is 18.1. The van der Waals surface area contributed by atoms with E-state index in [4.69, 9.17) is 0 Å². The number of allylic oxidation sites excluding steroid dienone is 2. The van der Waals surface area contributed by atoms with Gasteiger partial charge >= 0.3 is 17.8 Å². The molecule has 0 spiro atoms. The Bertz CT molecular complexity index is 1570. The maximum atomic E-state index is 15.9. The molecule has 0 saturated heterocycles. The molecule has 1 aliphatic rings. The summed E-state index contributed by atoms with van der Waals surface area (Å²) in [6.07, 6.45) is 0. The molecular formula is C31H28F6S2Si. The van der Waals surface area contributed by atoms with Crippen LogP contribution in [0.4, 0.5) is 26.3 Å². The van der Waals surface area contributed by atoms with Crippen LogP contribution < -0.4 is 4.50 Å². The summed E-state index contributed by atoms with van der Waals surface area (Å²) in [6.45, 7) is 9.20. The van der Waals surface area contributed by atoms with E-state index in [-0.39, 0.29) is 17.0 Å². The molecular weight excluding hydrogens is 579 g/mol. The highest BCUT2D eigenvalue weighted by molar-refractivity contribution is 7.29. The van der Waals surface area contributed by atoms with E-state index in [0.29, 0.717) is 30.3 Å². The Morgan fingerprint density at radius 2 is 1.05 bits per heavy atom. The molecule has 0 radical (unpaired) electrons. The van der Waals surface area contributed by atoms with Crippen LogP contribution in [0, 0.1) is 0 Å². The van der Waals surface area contributed by atoms with Gasteiger partial charge in [-0.1, -0.05) is 94.2 Å². The summed E-state index contributed by atoms with van der Waals surface area (Å²) in [5, 5.41) is 0. The van der Waals surface area contributed by atoms with Gasteiger partial charge in [-0.05, 0) is 44.8 Å². The fourth-order valence-corrected chi connectivity index (χ4v) is 9.74. The molecule has 1 aliphatic carbocycles. The van der Waals surface area contributed by atoms with Crippen molar-refractivity contribution in [1.29, 1.82) is 0 Å². The van der Waals surface area contributed by atoms with E-state index < -0.39 is 37.0 Å². The smallest absolute Gasteiger partial charge is 0.194 e. The monoisotopic (exact) mass is 606 g/mol. The zero-order chi connectivity index (χ0) is 29.3. The van der Waals surface area contributed by atoms with Gasteiger partial charge in [0, 0.05) is 25.8 Å². The van der Waals surface area contributed by atoms with Gasteiger partial charge in [0.15, 0.2) is 0 Å². The number of hydrogen-bond acceptors (Lipinski definition) is 2. The van der Waals surface area contributed by atoms with Crippen LogP contribution >= 0.6 is 22.7 Å². The van der Waals surface area contributed by atoms with E-state index in [1.807, 2.05) is 19.6 Å². The van der Waals surface area contributed by atoms with Crippen LogP contribution in [0.3, 0.4) is 0 Å². The van der Waals surface area contributed by atoms with E-state index in [0.717, 1.165) is 0 Å². The molecule has 0 unspecified atom stereocenters. The van der Waals surface area contributed by atoms with Gasteiger partial charge in [0.05, 0.1) is 8.07 Å². The van der Waals surface area contributed by atoms with Crippen molar-refractivity contribution < 1.29 is 26.3 Å². The third kappa shape index (κ3) is 4.41. The Hall–Kier alpha value is -2.62. The molecule has 9 heteroatoms. The number of rotatable bonds is 6. The lowest BCUT2D eigenvalue weighted by Gasteiger charge is -2.26. The first kappa shape index (κ1) is 28.9. The summed E-state index contributed by atoms with van der Waals surface area (Å²) < 4.78 is 94.5.